The number of pyridine rings is 1. The smallest absolute Gasteiger partial charge is 0.291 e. The van der Waals surface area contributed by atoms with Crippen LogP contribution in [-0.2, 0) is 0 Å². The number of rotatable bonds is 6. The van der Waals surface area contributed by atoms with Crippen molar-refractivity contribution in [3.05, 3.63) is 99.7 Å². The maximum atomic E-state index is 14.1. The quantitative estimate of drug-likeness (QED) is 0.375. The molecule has 1 atom stereocenters. The normalized spacial score (nSPS) is 11.9. The number of halogens is 1. The van der Waals surface area contributed by atoms with Crippen molar-refractivity contribution in [1.29, 1.82) is 0 Å². The van der Waals surface area contributed by atoms with Crippen molar-refractivity contribution in [2.24, 2.45) is 0 Å². The Morgan fingerprint density at radius 1 is 1.10 bits per heavy atom. The van der Waals surface area contributed by atoms with Gasteiger partial charge in [0.05, 0.1) is 12.3 Å². The number of hydrogen-bond donors (Lipinski definition) is 2. The summed E-state index contributed by atoms with van der Waals surface area (Å²) in [5, 5.41) is 7.09. The highest BCUT2D eigenvalue weighted by Crippen LogP contribution is 2.41. The van der Waals surface area contributed by atoms with Crippen molar-refractivity contribution in [3.63, 3.8) is 0 Å². The first-order chi connectivity index (χ1) is 14.9. The van der Waals surface area contributed by atoms with Crippen LogP contribution in [0.15, 0.2) is 65.3 Å². The topological polar surface area (TPSA) is 67.2 Å². The van der Waals surface area contributed by atoms with Crippen LogP contribution in [0.25, 0.3) is 0 Å². The highest BCUT2D eigenvalue weighted by Gasteiger charge is 2.26. The molecular formula is C24H22FN3O2S. The first-order valence-corrected chi connectivity index (χ1v) is 10.6. The van der Waals surface area contributed by atoms with E-state index in [1.807, 2.05) is 45.0 Å². The van der Waals surface area contributed by atoms with Crippen molar-refractivity contribution in [3.8, 4) is 0 Å². The number of hydrogen-bond acceptors (Lipinski definition) is 5. The zero-order valence-electron chi connectivity index (χ0n) is 17.4. The van der Waals surface area contributed by atoms with E-state index in [0.717, 1.165) is 27.3 Å². The van der Waals surface area contributed by atoms with Crippen LogP contribution in [0.4, 0.5) is 15.2 Å². The van der Waals surface area contributed by atoms with Gasteiger partial charge in [-0.1, -0.05) is 18.2 Å². The lowest BCUT2D eigenvalue weighted by molar-refractivity contribution is 0.0997. The summed E-state index contributed by atoms with van der Waals surface area (Å²) >= 11 is 1.48. The van der Waals surface area contributed by atoms with Crippen molar-refractivity contribution in [1.82, 2.24) is 4.98 Å². The summed E-state index contributed by atoms with van der Waals surface area (Å²) in [6.07, 6.45) is 1.46. The molecule has 0 aliphatic heterocycles. The van der Waals surface area contributed by atoms with Crippen molar-refractivity contribution in [2.45, 2.75) is 26.8 Å². The minimum atomic E-state index is -0.415. The molecule has 0 aliphatic rings. The predicted octanol–water partition coefficient (Wildman–Crippen LogP) is 6.25. The summed E-state index contributed by atoms with van der Waals surface area (Å²) in [4.78, 5) is 18.3. The fourth-order valence-corrected chi connectivity index (χ4v) is 4.53. The van der Waals surface area contributed by atoms with E-state index in [2.05, 4.69) is 15.6 Å². The molecule has 0 saturated carbocycles. The SMILES string of the molecule is Cc1cccc(N[C@H](c2cccc(F)c2)c2c(NC(=O)c3ccco3)sc(C)c2C)n1. The fourth-order valence-electron chi connectivity index (χ4n) is 3.44. The van der Waals surface area contributed by atoms with Crippen LogP contribution in [0, 0.1) is 26.6 Å². The van der Waals surface area contributed by atoms with Crippen LogP contribution in [-0.4, -0.2) is 10.9 Å². The van der Waals surface area contributed by atoms with Gasteiger partial charge in [0.1, 0.15) is 16.6 Å². The maximum Gasteiger partial charge on any atom is 0.291 e. The molecule has 4 rings (SSSR count). The van der Waals surface area contributed by atoms with E-state index < -0.39 is 6.04 Å². The average molecular weight is 436 g/mol. The molecule has 0 aliphatic carbocycles. The molecular weight excluding hydrogens is 413 g/mol. The number of carbonyl (C=O) groups is 1. The molecule has 158 valence electrons. The second-order valence-corrected chi connectivity index (χ2v) is 8.48. The van der Waals surface area contributed by atoms with Crippen LogP contribution in [0.2, 0.25) is 0 Å². The molecule has 0 spiro atoms. The number of anilines is 2. The third-order valence-corrected chi connectivity index (χ3v) is 6.19. The van der Waals surface area contributed by atoms with Gasteiger partial charge in [0.2, 0.25) is 0 Å². The Kier molecular flexibility index (Phi) is 5.86. The summed E-state index contributed by atoms with van der Waals surface area (Å²) in [5.74, 6) is 0.234. The molecule has 0 unspecified atom stereocenters. The Bertz CT molecular complexity index is 1220. The molecule has 1 amide bonds. The maximum absolute atomic E-state index is 14.1. The monoisotopic (exact) mass is 435 g/mol. The number of nitrogens with one attached hydrogen (secondary N) is 2. The van der Waals surface area contributed by atoms with E-state index in [1.54, 1.807) is 18.2 Å². The van der Waals surface area contributed by atoms with E-state index in [9.17, 15) is 9.18 Å². The summed E-state index contributed by atoms with van der Waals surface area (Å²) in [5.41, 5.74) is 3.50. The van der Waals surface area contributed by atoms with E-state index >= 15 is 0 Å². The van der Waals surface area contributed by atoms with Crippen LogP contribution < -0.4 is 10.6 Å². The molecule has 5 nitrogen and oxygen atoms in total. The van der Waals surface area contributed by atoms with Crippen LogP contribution >= 0.6 is 11.3 Å². The van der Waals surface area contributed by atoms with Crippen LogP contribution in [0.1, 0.15) is 43.9 Å². The fraction of sp³-hybridized carbons (Fsp3) is 0.167. The number of thiophene rings is 1. The van der Waals surface area contributed by atoms with Gasteiger partial charge in [0.15, 0.2) is 5.76 Å². The minimum absolute atomic E-state index is 0.227. The minimum Gasteiger partial charge on any atom is -0.459 e. The van der Waals surface area contributed by atoms with Gasteiger partial charge >= 0.3 is 0 Å². The van der Waals surface area contributed by atoms with E-state index in [4.69, 9.17) is 4.42 Å². The Balaban J connectivity index is 1.79. The van der Waals surface area contributed by atoms with Crippen LogP contribution in [0.5, 0.6) is 0 Å². The van der Waals surface area contributed by atoms with Gasteiger partial charge in [-0.2, -0.15) is 0 Å². The molecule has 4 aromatic rings. The lowest BCUT2D eigenvalue weighted by Crippen LogP contribution is -2.18. The first kappa shape index (κ1) is 20.8. The standard InChI is InChI=1S/C24H22FN3O2S/c1-14-7-4-11-20(26-14)27-22(17-8-5-9-18(25)13-17)21-15(2)16(3)31-24(21)28-23(29)19-10-6-12-30-19/h4-13,22H,1-3H3,(H,26,27)(H,28,29)/t22-/m1/s1. The third kappa shape index (κ3) is 4.51. The summed E-state index contributed by atoms with van der Waals surface area (Å²) in [6, 6.07) is 15.0. The Labute approximate surface area is 184 Å². The molecule has 3 aromatic heterocycles. The van der Waals surface area contributed by atoms with Gasteiger partial charge in [-0.3, -0.25) is 4.79 Å². The third-order valence-electron chi connectivity index (χ3n) is 5.06. The Hall–Kier alpha value is -3.45. The second-order valence-electron chi connectivity index (χ2n) is 7.25. The highest BCUT2D eigenvalue weighted by atomic mass is 32.1. The van der Waals surface area contributed by atoms with Crippen LogP contribution in [0.3, 0.4) is 0 Å². The highest BCUT2D eigenvalue weighted by molar-refractivity contribution is 7.16. The van der Waals surface area contributed by atoms with Gasteiger partial charge in [0.25, 0.3) is 5.91 Å². The Morgan fingerprint density at radius 2 is 1.90 bits per heavy atom. The predicted molar refractivity (Wildman–Crippen MR) is 121 cm³/mol. The van der Waals surface area contributed by atoms with Gasteiger partial charge in [-0.05, 0) is 68.3 Å². The zero-order valence-corrected chi connectivity index (χ0v) is 18.2. The van der Waals surface area contributed by atoms with Gasteiger partial charge in [-0.15, -0.1) is 11.3 Å². The lowest BCUT2D eigenvalue weighted by Gasteiger charge is -2.22. The molecule has 7 heteroatoms. The van der Waals surface area contributed by atoms with Crippen molar-refractivity contribution < 1.29 is 13.6 Å². The van der Waals surface area contributed by atoms with Gasteiger partial charge in [0, 0.05) is 16.1 Å². The molecule has 0 saturated heterocycles. The molecule has 0 bridgehead atoms. The van der Waals surface area contributed by atoms with E-state index in [0.29, 0.717) is 10.8 Å². The largest absolute Gasteiger partial charge is 0.459 e. The molecule has 3 heterocycles. The van der Waals surface area contributed by atoms with E-state index in [-0.39, 0.29) is 17.5 Å². The average Bonchev–Trinajstić information content (AvgIpc) is 3.36. The summed E-state index contributed by atoms with van der Waals surface area (Å²) in [6.45, 7) is 5.92. The molecule has 0 fully saturated rings. The second kappa shape index (κ2) is 8.73. The summed E-state index contributed by atoms with van der Waals surface area (Å²) in [7, 11) is 0. The number of nitrogens with zero attached hydrogens (tertiary/aromatic N) is 1. The number of aromatic nitrogens is 1. The zero-order chi connectivity index (χ0) is 22.0. The summed E-state index contributed by atoms with van der Waals surface area (Å²) < 4.78 is 19.4. The van der Waals surface area contributed by atoms with Crippen molar-refractivity contribution >= 4 is 28.1 Å². The van der Waals surface area contributed by atoms with Crippen molar-refractivity contribution in [2.75, 3.05) is 10.6 Å². The number of aryl methyl sites for hydroxylation is 2. The molecule has 1 aromatic carbocycles. The molecule has 2 N–H and O–H groups in total. The number of furan rings is 1. The van der Waals surface area contributed by atoms with E-state index in [1.165, 1.54) is 29.7 Å². The van der Waals surface area contributed by atoms with Gasteiger partial charge in [-0.25, -0.2) is 9.37 Å². The number of benzene rings is 1. The lowest BCUT2D eigenvalue weighted by atomic mass is 9.96. The first-order valence-electron chi connectivity index (χ1n) is 9.83. The Morgan fingerprint density at radius 3 is 2.61 bits per heavy atom. The number of amides is 1. The van der Waals surface area contributed by atoms with Gasteiger partial charge < -0.3 is 15.1 Å². The number of carbonyl (C=O) groups excluding carboxylic acids is 1. The molecule has 0 radical (unpaired) electrons. The molecule has 31 heavy (non-hydrogen) atoms.